The van der Waals surface area contributed by atoms with E-state index in [2.05, 4.69) is 14.8 Å². The molecule has 140 valence electrons. The highest BCUT2D eigenvalue weighted by Crippen LogP contribution is 2.42. The third-order valence-electron chi connectivity index (χ3n) is 4.44. The van der Waals surface area contributed by atoms with E-state index in [9.17, 15) is 4.79 Å². The molecule has 0 spiro atoms. The Balaban J connectivity index is 1.43. The Hall–Kier alpha value is -1.32. The molecular formula is C17H21N3O3S3. The summed E-state index contributed by atoms with van der Waals surface area (Å²) in [5, 5.41) is 2.83. The lowest BCUT2D eigenvalue weighted by molar-refractivity contribution is 0.00182. The second kappa shape index (κ2) is 7.01. The molecule has 2 aromatic rings. The average molecular weight is 412 g/mol. The van der Waals surface area contributed by atoms with E-state index >= 15 is 0 Å². The number of hydrogen-bond acceptors (Lipinski definition) is 8. The zero-order valence-corrected chi connectivity index (χ0v) is 17.3. The topological polar surface area (TPSA) is 64.5 Å². The van der Waals surface area contributed by atoms with Gasteiger partial charge in [-0.05, 0) is 51.0 Å². The van der Waals surface area contributed by atoms with E-state index in [4.69, 9.17) is 9.47 Å². The summed E-state index contributed by atoms with van der Waals surface area (Å²) in [6.07, 6.45) is 1.62. The molecule has 1 aliphatic carbocycles. The van der Waals surface area contributed by atoms with E-state index in [1.54, 1.807) is 23.1 Å². The second-order valence-corrected chi connectivity index (χ2v) is 10.4. The van der Waals surface area contributed by atoms with Crippen molar-refractivity contribution in [2.24, 2.45) is 5.92 Å². The molecule has 2 fully saturated rings. The standard InChI is InChI=1S/C17H21N3O3S3/c1-17(2,3)23-16(21)20-9-10-7-11(20)12(8-10)22-14-15(19-26-18-14)25-13-5-4-6-24-13/h4-6,10-12H,7-9H2,1-3H3/t10-,11+,12+/m1/s1. The van der Waals surface area contributed by atoms with E-state index in [1.807, 2.05) is 37.1 Å². The van der Waals surface area contributed by atoms with E-state index in [0.717, 1.165) is 40.3 Å². The van der Waals surface area contributed by atoms with Crippen LogP contribution in [0.2, 0.25) is 0 Å². The van der Waals surface area contributed by atoms with Gasteiger partial charge in [0.1, 0.15) is 11.7 Å². The Morgan fingerprint density at radius 2 is 2.19 bits per heavy atom. The lowest BCUT2D eigenvalue weighted by atomic mass is 10.1. The molecule has 0 radical (unpaired) electrons. The van der Waals surface area contributed by atoms with Gasteiger partial charge in [-0.1, -0.05) is 17.8 Å². The Labute approximate surface area is 165 Å². The summed E-state index contributed by atoms with van der Waals surface area (Å²) in [6.45, 7) is 6.43. The summed E-state index contributed by atoms with van der Waals surface area (Å²) in [4.78, 5) is 14.3. The average Bonchev–Trinajstić information content (AvgIpc) is 3.31. The van der Waals surface area contributed by atoms with Gasteiger partial charge >= 0.3 is 6.09 Å². The number of hydrogen-bond donors (Lipinski definition) is 0. The van der Waals surface area contributed by atoms with Crippen molar-refractivity contribution in [1.29, 1.82) is 0 Å². The Morgan fingerprint density at radius 1 is 1.35 bits per heavy atom. The molecule has 3 heterocycles. The number of fused-ring (bicyclic) bond motifs is 2. The number of rotatable bonds is 4. The van der Waals surface area contributed by atoms with Crippen LogP contribution in [0.15, 0.2) is 26.7 Å². The lowest BCUT2D eigenvalue weighted by Gasteiger charge is -2.34. The molecule has 1 saturated carbocycles. The van der Waals surface area contributed by atoms with Crippen molar-refractivity contribution < 1.29 is 14.3 Å². The van der Waals surface area contributed by atoms with Crippen LogP contribution in [-0.2, 0) is 4.74 Å². The second-order valence-electron chi connectivity index (χ2n) is 7.60. The summed E-state index contributed by atoms with van der Waals surface area (Å²) >= 11 is 4.40. The van der Waals surface area contributed by atoms with Gasteiger partial charge in [-0.15, -0.1) is 15.7 Å². The molecule has 1 saturated heterocycles. The fraction of sp³-hybridized carbons (Fsp3) is 0.588. The first-order valence-electron chi connectivity index (χ1n) is 8.59. The molecule has 2 aliphatic rings. The minimum absolute atomic E-state index is 0.0483. The SMILES string of the molecule is CC(C)(C)OC(=O)N1C[C@H]2C[C@H](Oc3nsnc3Sc3cccs3)[C@@H]1C2. The normalized spacial score (nSPS) is 24.9. The minimum atomic E-state index is -0.487. The first-order valence-corrected chi connectivity index (χ1v) is 11.0. The zero-order valence-electron chi connectivity index (χ0n) is 14.9. The van der Waals surface area contributed by atoms with Crippen LogP contribution in [-0.4, -0.2) is 44.0 Å². The summed E-state index contributed by atoms with van der Waals surface area (Å²) < 4.78 is 21.6. The molecule has 3 atom stereocenters. The molecule has 6 nitrogen and oxygen atoms in total. The highest BCUT2D eigenvalue weighted by molar-refractivity contribution is 8.01. The fourth-order valence-electron chi connectivity index (χ4n) is 3.49. The van der Waals surface area contributed by atoms with Gasteiger partial charge in [0.2, 0.25) is 0 Å². The van der Waals surface area contributed by atoms with Crippen LogP contribution in [0.3, 0.4) is 0 Å². The van der Waals surface area contributed by atoms with Crippen molar-refractivity contribution >= 4 is 40.9 Å². The van der Waals surface area contributed by atoms with E-state index < -0.39 is 5.60 Å². The maximum absolute atomic E-state index is 12.5. The molecule has 0 unspecified atom stereocenters. The Bertz CT molecular complexity index is 772. The number of thiophene rings is 1. The van der Waals surface area contributed by atoms with Gasteiger partial charge in [-0.25, -0.2) is 4.79 Å². The van der Waals surface area contributed by atoms with Gasteiger partial charge < -0.3 is 14.4 Å². The van der Waals surface area contributed by atoms with Gasteiger partial charge in [0.15, 0.2) is 5.03 Å². The number of aromatic nitrogens is 2. The van der Waals surface area contributed by atoms with Crippen LogP contribution in [0.25, 0.3) is 0 Å². The van der Waals surface area contributed by atoms with Crippen LogP contribution < -0.4 is 4.74 Å². The highest BCUT2D eigenvalue weighted by Gasteiger charge is 2.49. The van der Waals surface area contributed by atoms with Gasteiger partial charge in [0.25, 0.3) is 5.88 Å². The van der Waals surface area contributed by atoms with Crippen molar-refractivity contribution in [1.82, 2.24) is 13.6 Å². The first kappa shape index (κ1) is 18.1. The molecule has 1 aliphatic heterocycles. The van der Waals surface area contributed by atoms with Gasteiger partial charge in [0.05, 0.1) is 22.0 Å². The van der Waals surface area contributed by atoms with Crippen LogP contribution in [0.5, 0.6) is 5.88 Å². The molecule has 0 N–H and O–H groups in total. The van der Waals surface area contributed by atoms with Crippen molar-refractivity contribution in [3.05, 3.63) is 17.5 Å². The maximum Gasteiger partial charge on any atom is 0.410 e. The zero-order chi connectivity index (χ0) is 18.3. The smallest absolute Gasteiger partial charge is 0.410 e. The molecule has 1 amide bonds. The Kier molecular flexibility index (Phi) is 4.87. The van der Waals surface area contributed by atoms with Gasteiger partial charge in [-0.2, -0.15) is 4.37 Å². The van der Waals surface area contributed by atoms with Crippen LogP contribution in [0.1, 0.15) is 33.6 Å². The molecule has 4 rings (SSSR count). The molecular weight excluding hydrogens is 390 g/mol. The molecule has 26 heavy (non-hydrogen) atoms. The number of likely N-dealkylation sites (tertiary alicyclic amines) is 1. The predicted octanol–water partition coefficient (Wildman–Crippen LogP) is 4.53. The van der Waals surface area contributed by atoms with E-state index in [0.29, 0.717) is 11.8 Å². The summed E-state index contributed by atoms with van der Waals surface area (Å²) in [5.41, 5.74) is -0.487. The predicted molar refractivity (Wildman–Crippen MR) is 102 cm³/mol. The quantitative estimate of drug-likeness (QED) is 0.737. The van der Waals surface area contributed by atoms with Crippen LogP contribution in [0.4, 0.5) is 4.79 Å². The highest BCUT2D eigenvalue weighted by atomic mass is 32.2. The third-order valence-corrected chi connectivity index (χ3v) is 7.06. The number of nitrogens with zero attached hydrogens (tertiary/aromatic N) is 3. The van der Waals surface area contributed by atoms with Crippen LogP contribution in [0, 0.1) is 5.92 Å². The first-order chi connectivity index (χ1) is 12.4. The van der Waals surface area contributed by atoms with Crippen molar-refractivity contribution in [3.63, 3.8) is 0 Å². The molecule has 2 aromatic heterocycles. The van der Waals surface area contributed by atoms with Crippen molar-refractivity contribution in [2.75, 3.05) is 6.54 Å². The maximum atomic E-state index is 12.5. The lowest BCUT2D eigenvalue weighted by Crippen LogP contribution is -2.48. The summed E-state index contributed by atoms with van der Waals surface area (Å²) in [5.74, 6) is 1.05. The molecule has 2 bridgehead atoms. The number of carbonyl (C=O) groups excluding carboxylic acids is 1. The summed E-state index contributed by atoms with van der Waals surface area (Å²) in [7, 11) is 0. The molecule has 0 aromatic carbocycles. The largest absolute Gasteiger partial charge is 0.470 e. The van der Waals surface area contributed by atoms with E-state index in [1.165, 1.54) is 0 Å². The number of carbonyl (C=O) groups is 1. The third kappa shape index (κ3) is 3.84. The van der Waals surface area contributed by atoms with Crippen molar-refractivity contribution in [3.8, 4) is 5.88 Å². The minimum Gasteiger partial charge on any atom is -0.470 e. The fourth-order valence-corrected chi connectivity index (χ4v) is 5.76. The van der Waals surface area contributed by atoms with E-state index in [-0.39, 0.29) is 18.2 Å². The van der Waals surface area contributed by atoms with Gasteiger partial charge in [-0.3, -0.25) is 0 Å². The molecule has 9 heteroatoms. The number of piperidine rings is 1. The van der Waals surface area contributed by atoms with Crippen LogP contribution >= 0.6 is 34.8 Å². The summed E-state index contributed by atoms with van der Waals surface area (Å²) in [6, 6.07) is 4.12. The number of ether oxygens (including phenoxy) is 2. The van der Waals surface area contributed by atoms with Gasteiger partial charge in [0, 0.05) is 6.54 Å². The van der Waals surface area contributed by atoms with Crippen molar-refractivity contribution in [2.45, 2.75) is 60.6 Å². The number of amides is 1. The Morgan fingerprint density at radius 3 is 2.88 bits per heavy atom. The monoisotopic (exact) mass is 411 g/mol.